The molecule has 0 bridgehead atoms. The highest BCUT2D eigenvalue weighted by molar-refractivity contribution is 6.00. The third kappa shape index (κ3) is 20.2. The molecule has 6 heteroatoms. The van der Waals surface area contributed by atoms with Crippen LogP contribution in [-0.2, 0) is 14.4 Å². The molecule has 1 aliphatic heterocycles. The molecule has 0 aromatic rings. The molecule has 1 saturated heterocycles. The summed E-state index contributed by atoms with van der Waals surface area (Å²) >= 11 is 0. The number of carbonyl (C=O) groups is 3. The van der Waals surface area contributed by atoms with E-state index in [1.165, 1.54) is 96.3 Å². The van der Waals surface area contributed by atoms with Crippen molar-refractivity contribution in [2.24, 2.45) is 0 Å². The van der Waals surface area contributed by atoms with Crippen molar-refractivity contribution in [2.75, 3.05) is 0 Å². The number of unbranched alkanes of at least 4 members (excludes halogenated alkanes) is 15. The van der Waals surface area contributed by atoms with Gasteiger partial charge in [0.2, 0.25) is 0 Å². The van der Waals surface area contributed by atoms with Gasteiger partial charge < -0.3 is 5.11 Å². The second-order valence-corrected chi connectivity index (χ2v) is 8.74. The van der Waals surface area contributed by atoms with Gasteiger partial charge in [-0.2, -0.15) is 5.06 Å². The minimum absolute atomic E-state index is 0.148. The van der Waals surface area contributed by atoms with Gasteiger partial charge in [-0.25, -0.2) is 0 Å². The Balaban J connectivity index is 0.000000995. The van der Waals surface area contributed by atoms with Crippen LogP contribution in [0.3, 0.4) is 0 Å². The number of hydrogen-bond donors (Lipinski definition) is 2. The quantitative estimate of drug-likeness (QED) is 0.0933. The van der Waals surface area contributed by atoms with Crippen LogP contribution in [0.5, 0.6) is 0 Å². The first-order valence-electron chi connectivity index (χ1n) is 12.9. The van der Waals surface area contributed by atoms with Gasteiger partial charge in [0.05, 0.1) is 0 Å². The summed E-state index contributed by atoms with van der Waals surface area (Å²) < 4.78 is 0. The number of carboxylic acid groups (broad SMARTS) is 1. The molecule has 0 aromatic heterocycles. The summed E-state index contributed by atoms with van der Waals surface area (Å²) in [5, 5.41) is 17.1. The van der Waals surface area contributed by atoms with E-state index in [4.69, 9.17) is 10.3 Å². The molecule has 186 valence electrons. The largest absolute Gasteiger partial charge is 0.481 e. The average Bonchev–Trinajstić information content (AvgIpc) is 3.06. The molecule has 2 amide bonds. The maximum absolute atomic E-state index is 10.4. The maximum Gasteiger partial charge on any atom is 0.303 e. The van der Waals surface area contributed by atoms with Crippen molar-refractivity contribution in [3.8, 4) is 0 Å². The summed E-state index contributed by atoms with van der Waals surface area (Å²) in [6.45, 7) is 2.27. The van der Waals surface area contributed by atoms with Gasteiger partial charge in [0.15, 0.2) is 0 Å². The highest BCUT2D eigenvalue weighted by Gasteiger charge is 2.26. The fraction of sp³-hybridized carbons (Fsp3) is 0.808. The van der Waals surface area contributed by atoms with Gasteiger partial charge in [-0.1, -0.05) is 96.1 Å². The van der Waals surface area contributed by atoms with Crippen molar-refractivity contribution >= 4 is 17.8 Å². The third-order valence-electron chi connectivity index (χ3n) is 5.68. The third-order valence-corrected chi connectivity index (χ3v) is 5.68. The summed E-state index contributed by atoms with van der Waals surface area (Å²) in [6, 6.07) is 0. The molecule has 0 aromatic carbocycles. The van der Waals surface area contributed by atoms with Crippen LogP contribution < -0.4 is 0 Å². The number of aliphatic carboxylic acids is 1. The van der Waals surface area contributed by atoms with Gasteiger partial charge in [0.1, 0.15) is 0 Å². The summed E-state index contributed by atoms with van der Waals surface area (Å²) in [4.78, 5) is 30.9. The Bertz CT molecular complexity index is 502. The number of hydroxylamine groups is 2. The normalized spacial score (nSPS) is 13.6. The number of carbonyl (C=O) groups excluding carboxylic acids is 2. The lowest BCUT2D eigenvalue weighted by atomic mass is 10.1. The van der Waals surface area contributed by atoms with Crippen molar-refractivity contribution in [1.82, 2.24) is 5.06 Å². The number of amides is 2. The highest BCUT2D eigenvalue weighted by Crippen LogP contribution is 2.12. The predicted octanol–water partition coefficient (Wildman–Crippen LogP) is 7.19. The molecule has 0 unspecified atom stereocenters. The van der Waals surface area contributed by atoms with Crippen LogP contribution in [-0.4, -0.2) is 33.2 Å². The van der Waals surface area contributed by atoms with Gasteiger partial charge >= 0.3 is 5.97 Å². The lowest BCUT2D eigenvalue weighted by molar-refractivity contribution is -0.171. The zero-order chi connectivity index (χ0) is 23.9. The van der Waals surface area contributed by atoms with Gasteiger partial charge in [0, 0.05) is 19.3 Å². The number of nitrogens with zero attached hydrogens (tertiary/aromatic N) is 1. The predicted molar refractivity (Wildman–Crippen MR) is 128 cm³/mol. The second-order valence-electron chi connectivity index (χ2n) is 8.74. The minimum Gasteiger partial charge on any atom is -0.481 e. The van der Waals surface area contributed by atoms with E-state index in [9.17, 15) is 14.4 Å². The Morgan fingerprint density at radius 2 is 1.09 bits per heavy atom. The van der Waals surface area contributed by atoms with Gasteiger partial charge in [-0.05, 0) is 32.1 Å². The van der Waals surface area contributed by atoms with E-state index in [0.29, 0.717) is 6.42 Å². The molecule has 1 rings (SSSR count). The van der Waals surface area contributed by atoms with Crippen LogP contribution >= 0.6 is 0 Å². The summed E-state index contributed by atoms with van der Waals surface area (Å²) in [5.41, 5.74) is 0. The number of allylic oxidation sites excluding steroid dienone is 2. The van der Waals surface area contributed by atoms with E-state index in [-0.39, 0.29) is 17.9 Å². The Labute approximate surface area is 195 Å². The zero-order valence-corrected chi connectivity index (χ0v) is 20.4. The SMILES string of the molecule is CCCCCCCCC=CCCCCCCCCCCCC(=O)O.O=C1CCC(=O)N1O. The average molecular weight is 454 g/mol. The summed E-state index contributed by atoms with van der Waals surface area (Å²) in [5.74, 6) is -1.67. The molecule has 1 heterocycles. The topological polar surface area (TPSA) is 94.9 Å². The Morgan fingerprint density at radius 1 is 0.719 bits per heavy atom. The Morgan fingerprint density at radius 3 is 1.44 bits per heavy atom. The summed E-state index contributed by atoms with van der Waals surface area (Å²) in [7, 11) is 0. The first-order valence-corrected chi connectivity index (χ1v) is 12.9. The molecule has 0 radical (unpaired) electrons. The number of imide groups is 1. The fourth-order valence-corrected chi connectivity index (χ4v) is 3.62. The standard InChI is InChI=1S/C22H42O2.C4H5NO3/c1-2-3-4-5-6-7-8-9-10-11-12-13-14-15-16-17-18-19-20-21-22(23)24;6-3-1-2-4(7)5(3)8/h9-10H,2-8,11-21H2,1H3,(H,23,24);8H,1-2H2. The second kappa shape index (κ2) is 22.5. The van der Waals surface area contributed by atoms with Crippen LogP contribution in [0.25, 0.3) is 0 Å². The number of carboxylic acids is 1. The van der Waals surface area contributed by atoms with Gasteiger partial charge in [-0.15, -0.1) is 0 Å². The van der Waals surface area contributed by atoms with Crippen LogP contribution in [0.1, 0.15) is 135 Å². The first kappa shape index (κ1) is 30.3. The molecular weight excluding hydrogens is 406 g/mol. The van der Waals surface area contributed by atoms with Crippen LogP contribution in [0, 0.1) is 0 Å². The molecule has 1 aliphatic rings. The number of rotatable bonds is 19. The lowest BCUT2D eigenvalue weighted by Crippen LogP contribution is -2.24. The van der Waals surface area contributed by atoms with Crippen LogP contribution in [0.2, 0.25) is 0 Å². The minimum atomic E-state index is -0.656. The Kier molecular flexibility index (Phi) is 21.3. The smallest absolute Gasteiger partial charge is 0.303 e. The van der Waals surface area contributed by atoms with E-state index in [0.717, 1.165) is 12.8 Å². The molecule has 0 spiro atoms. The molecule has 0 aliphatic carbocycles. The van der Waals surface area contributed by atoms with E-state index in [1.54, 1.807) is 0 Å². The van der Waals surface area contributed by atoms with E-state index in [2.05, 4.69) is 19.1 Å². The molecule has 32 heavy (non-hydrogen) atoms. The van der Waals surface area contributed by atoms with Crippen LogP contribution in [0.4, 0.5) is 0 Å². The number of hydrogen-bond acceptors (Lipinski definition) is 4. The van der Waals surface area contributed by atoms with Crippen molar-refractivity contribution in [1.29, 1.82) is 0 Å². The van der Waals surface area contributed by atoms with Gasteiger partial charge in [0.25, 0.3) is 11.8 Å². The fourth-order valence-electron chi connectivity index (χ4n) is 3.62. The Hall–Kier alpha value is -1.69. The molecule has 1 fully saturated rings. The van der Waals surface area contributed by atoms with Gasteiger partial charge in [-0.3, -0.25) is 19.6 Å². The zero-order valence-electron chi connectivity index (χ0n) is 20.4. The van der Waals surface area contributed by atoms with Crippen LogP contribution in [0.15, 0.2) is 12.2 Å². The molecule has 0 saturated carbocycles. The molecule has 0 atom stereocenters. The highest BCUT2D eigenvalue weighted by atomic mass is 16.5. The molecular formula is C26H47NO5. The maximum atomic E-state index is 10.4. The monoisotopic (exact) mass is 453 g/mol. The molecule has 2 N–H and O–H groups in total. The van der Waals surface area contributed by atoms with Crippen molar-refractivity contribution < 1.29 is 24.7 Å². The van der Waals surface area contributed by atoms with Crippen molar-refractivity contribution in [3.05, 3.63) is 12.2 Å². The first-order chi connectivity index (χ1) is 15.5. The van der Waals surface area contributed by atoms with E-state index in [1.807, 2.05) is 0 Å². The lowest BCUT2D eigenvalue weighted by Gasteiger charge is -2.01. The van der Waals surface area contributed by atoms with Crippen molar-refractivity contribution in [2.45, 2.75) is 135 Å². The van der Waals surface area contributed by atoms with E-state index >= 15 is 0 Å². The molecule has 6 nitrogen and oxygen atoms in total. The van der Waals surface area contributed by atoms with Crippen molar-refractivity contribution in [3.63, 3.8) is 0 Å². The summed E-state index contributed by atoms with van der Waals surface area (Å²) in [6.07, 6.45) is 27.4. The van der Waals surface area contributed by atoms with E-state index < -0.39 is 17.8 Å².